The maximum Gasteiger partial charge on any atom is 0.260 e. The van der Waals surface area contributed by atoms with Crippen molar-refractivity contribution in [2.75, 3.05) is 6.61 Å². The number of H-pyrrole nitrogens is 1. The van der Waals surface area contributed by atoms with Crippen molar-refractivity contribution in [2.24, 2.45) is 0 Å². The molecule has 0 amide bonds. The second-order valence-electron chi connectivity index (χ2n) is 4.85. The molecule has 0 fully saturated rings. The highest BCUT2D eigenvalue weighted by Gasteiger charge is 2.17. The summed E-state index contributed by atoms with van der Waals surface area (Å²) in [5.74, 6) is 0.772. The molecule has 0 saturated heterocycles. The number of aromatic nitrogens is 2. The van der Waals surface area contributed by atoms with Gasteiger partial charge in [0.2, 0.25) is 0 Å². The minimum Gasteiger partial charge on any atom is -0.491 e. The third-order valence-electron chi connectivity index (χ3n) is 3.38. The van der Waals surface area contributed by atoms with E-state index in [1.807, 2.05) is 44.2 Å². The first kappa shape index (κ1) is 14.5. The molecule has 3 aromatic rings. The molecule has 0 bridgehead atoms. The third kappa shape index (κ3) is 2.44. The zero-order chi connectivity index (χ0) is 15.7. The summed E-state index contributed by atoms with van der Waals surface area (Å²) in [5.41, 5.74) is 1.81. The van der Waals surface area contributed by atoms with E-state index >= 15 is 0 Å². The van der Waals surface area contributed by atoms with Crippen LogP contribution in [0, 0.1) is 6.92 Å². The summed E-state index contributed by atoms with van der Waals surface area (Å²) in [4.78, 5) is 21.6. The predicted octanol–water partition coefficient (Wildman–Crippen LogP) is 3.97. The molecule has 2 aromatic heterocycles. The Morgan fingerprint density at radius 2 is 2.09 bits per heavy atom. The SMILES string of the molecule is C=C(OCC)c1nc2sc(C)c(-c3ccccc3)c2c(=O)[nH]1. The maximum absolute atomic E-state index is 12.5. The van der Waals surface area contributed by atoms with Crippen LogP contribution in [-0.4, -0.2) is 16.6 Å². The molecule has 112 valence electrons. The van der Waals surface area contributed by atoms with Crippen LogP contribution >= 0.6 is 11.3 Å². The summed E-state index contributed by atoms with van der Waals surface area (Å²) in [7, 11) is 0. The van der Waals surface area contributed by atoms with Crippen LogP contribution in [-0.2, 0) is 4.74 Å². The standard InChI is InChI=1S/C17H16N2O2S/c1-4-21-10(2)15-18-16(20)14-13(11(3)22-17(14)19-15)12-8-6-5-7-9-12/h5-9H,2,4H2,1,3H3,(H,18,19,20). The molecular weight excluding hydrogens is 296 g/mol. The van der Waals surface area contributed by atoms with Gasteiger partial charge in [0.05, 0.1) is 12.0 Å². The summed E-state index contributed by atoms with van der Waals surface area (Å²) in [6.45, 7) is 8.16. The Bertz CT molecular complexity index is 894. The Balaban J connectivity index is 2.24. The zero-order valence-electron chi connectivity index (χ0n) is 12.5. The monoisotopic (exact) mass is 312 g/mol. The molecule has 22 heavy (non-hydrogen) atoms. The van der Waals surface area contributed by atoms with Crippen LogP contribution in [0.2, 0.25) is 0 Å². The fraction of sp³-hybridized carbons (Fsp3) is 0.176. The smallest absolute Gasteiger partial charge is 0.260 e. The van der Waals surface area contributed by atoms with Crippen molar-refractivity contribution in [3.63, 3.8) is 0 Å². The Kier molecular flexibility index (Phi) is 3.81. The molecule has 1 aromatic carbocycles. The van der Waals surface area contributed by atoms with Gasteiger partial charge in [-0.2, -0.15) is 0 Å². The van der Waals surface area contributed by atoms with Crippen LogP contribution in [0.3, 0.4) is 0 Å². The lowest BCUT2D eigenvalue weighted by molar-refractivity contribution is 0.296. The molecule has 0 radical (unpaired) electrons. The van der Waals surface area contributed by atoms with Crippen molar-refractivity contribution in [3.05, 3.63) is 58.0 Å². The number of fused-ring (bicyclic) bond motifs is 1. The first-order chi connectivity index (χ1) is 10.6. The number of nitrogens with zero attached hydrogens (tertiary/aromatic N) is 1. The number of thiophene rings is 1. The summed E-state index contributed by atoms with van der Waals surface area (Å²) >= 11 is 1.51. The first-order valence-corrected chi connectivity index (χ1v) is 7.84. The molecule has 0 aliphatic carbocycles. The van der Waals surface area contributed by atoms with Crippen LogP contribution in [0.1, 0.15) is 17.6 Å². The quantitative estimate of drug-likeness (QED) is 0.742. The van der Waals surface area contributed by atoms with Crippen molar-refractivity contribution in [3.8, 4) is 11.1 Å². The predicted molar refractivity (Wildman–Crippen MR) is 91.1 cm³/mol. The lowest BCUT2D eigenvalue weighted by atomic mass is 10.0. The average molecular weight is 312 g/mol. The van der Waals surface area contributed by atoms with Gasteiger partial charge in [0.25, 0.3) is 5.56 Å². The number of aromatic amines is 1. The van der Waals surface area contributed by atoms with E-state index in [9.17, 15) is 4.79 Å². The number of aryl methyl sites for hydroxylation is 1. The number of benzene rings is 1. The van der Waals surface area contributed by atoms with Crippen molar-refractivity contribution >= 4 is 27.3 Å². The fourth-order valence-corrected chi connectivity index (χ4v) is 3.49. The van der Waals surface area contributed by atoms with Gasteiger partial charge in [-0.1, -0.05) is 36.9 Å². The highest BCUT2D eigenvalue weighted by atomic mass is 32.1. The molecule has 2 heterocycles. The molecule has 0 aliphatic heterocycles. The van der Waals surface area contributed by atoms with Crippen molar-refractivity contribution in [1.29, 1.82) is 0 Å². The van der Waals surface area contributed by atoms with Gasteiger partial charge in [-0.25, -0.2) is 4.98 Å². The lowest BCUT2D eigenvalue weighted by Gasteiger charge is -2.06. The number of nitrogens with one attached hydrogen (secondary N) is 1. The minimum absolute atomic E-state index is 0.163. The highest BCUT2D eigenvalue weighted by molar-refractivity contribution is 7.19. The van der Waals surface area contributed by atoms with Crippen molar-refractivity contribution in [2.45, 2.75) is 13.8 Å². The van der Waals surface area contributed by atoms with Gasteiger partial charge in [0.15, 0.2) is 11.6 Å². The Hall–Kier alpha value is -2.40. The van der Waals surface area contributed by atoms with E-state index in [0.29, 0.717) is 28.4 Å². The van der Waals surface area contributed by atoms with Gasteiger partial charge in [0, 0.05) is 10.4 Å². The molecule has 3 rings (SSSR count). The second-order valence-corrected chi connectivity index (χ2v) is 6.05. The van der Waals surface area contributed by atoms with Gasteiger partial charge in [-0.15, -0.1) is 11.3 Å². The molecule has 0 aliphatic rings. The topological polar surface area (TPSA) is 55.0 Å². The third-order valence-corrected chi connectivity index (χ3v) is 4.38. The fourth-order valence-electron chi connectivity index (χ4n) is 2.45. The zero-order valence-corrected chi connectivity index (χ0v) is 13.3. The Morgan fingerprint density at radius 3 is 2.77 bits per heavy atom. The minimum atomic E-state index is -0.163. The van der Waals surface area contributed by atoms with E-state index in [0.717, 1.165) is 16.0 Å². The first-order valence-electron chi connectivity index (χ1n) is 7.02. The number of ether oxygens (including phenoxy) is 1. The molecule has 4 nitrogen and oxygen atoms in total. The van der Waals surface area contributed by atoms with E-state index in [2.05, 4.69) is 16.5 Å². The van der Waals surface area contributed by atoms with E-state index in [-0.39, 0.29) is 5.56 Å². The van der Waals surface area contributed by atoms with Crippen LogP contribution in [0.4, 0.5) is 0 Å². The summed E-state index contributed by atoms with van der Waals surface area (Å²) < 4.78 is 5.33. The van der Waals surface area contributed by atoms with Crippen LogP contribution in [0.25, 0.3) is 27.1 Å². The maximum atomic E-state index is 12.5. The summed E-state index contributed by atoms with van der Waals surface area (Å²) in [6.07, 6.45) is 0. The normalized spacial score (nSPS) is 10.8. The van der Waals surface area contributed by atoms with Gasteiger partial charge >= 0.3 is 0 Å². The molecular formula is C17H16N2O2S. The molecule has 0 saturated carbocycles. The summed E-state index contributed by atoms with van der Waals surface area (Å²) in [6, 6.07) is 9.89. The van der Waals surface area contributed by atoms with Crippen molar-refractivity contribution < 1.29 is 4.74 Å². The lowest BCUT2D eigenvalue weighted by Crippen LogP contribution is -2.11. The van der Waals surface area contributed by atoms with Crippen LogP contribution < -0.4 is 5.56 Å². The van der Waals surface area contributed by atoms with Crippen LogP contribution in [0.5, 0.6) is 0 Å². The van der Waals surface area contributed by atoms with Gasteiger partial charge < -0.3 is 9.72 Å². The summed E-state index contributed by atoms with van der Waals surface area (Å²) in [5, 5.41) is 0.627. The number of rotatable bonds is 4. The van der Waals surface area contributed by atoms with E-state index in [1.54, 1.807) is 0 Å². The number of hydrogen-bond acceptors (Lipinski definition) is 4. The molecule has 0 atom stereocenters. The van der Waals surface area contributed by atoms with Crippen LogP contribution in [0.15, 0.2) is 41.7 Å². The van der Waals surface area contributed by atoms with E-state index in [4.69, 9.17) is 4.74 Å². The van der Waals surface area contributed by atoms with E-state index < -0.39 is 0 Å². The van der Waals surface area contributed by atoms with Gasteiger partial charge in [-0.05, 0) is 19.4 Å². The second kappa shape index (κ2) is 5.77. The molecule has 0 spiro atoms. The van der Waals surface area contributed by atoms with Gasteiger partial charge in [0.1, 0.15) is 4.83 Å². The van der Waals surface area contributed by atoms with Crippen molar-refractivity contribution in [1.82, 2.24) is 9.97 Å². The van der Waals surface area contributed by atoms with Gasteiger partial charge in [-0.3, -0.25) is 4.79 Å². The Morgan fingerprint density at radius 1 is 1.36 bits per heavy atom. The molecule has 0 unspecified atom stereocenters. The highest BCUT2D eigenvalue weighted by Crippen LogP contribution is 2.35. The Labute approximate surface area is 132 Å². The molecule has 5 heteroatoms. The van der Waals surface area contributed by atoms with E-state index in [1.165, 1.54) is 11.3 Å². The molecule has 1 N–H and O–H groups in total. The largest absolute Gasteiger partial charge is 0.491 e. The number of hydrogen-bond donors (Lipinski definition) is 1. The average Bonchev–Trinajstić information content (AvgIpc) is 2.85.